The van der Waals surface area contributed by atoms with Crippen LogP contribution in [0.25, 0.3) is 33.5 Å². The number of aromatic nitrogens is 2. The minimum absolute atomic E-state index is 0.121. The van der Waals surface area contributed by atoms with E-state index in [2.05, 4.69) is 15.4 Å². The van der Waals surface area contributed by atoms with Gasteiger partial charge in [0.15, 0.2) is 18.1 Å². The summed E-state index contributed by atoms with van der Waals surface area (Å²) in [7, 11) is 0. The van der Waals surface area contributed by atoms with Crippen LogP contribution < -0.4 is 15.6 Å². The first-order chi connectivity index (χ1) is 21.2. The van der Waals surface area contributed by atoms with Crippen molar-refractivity contribution < 1.29 is 18.9 Å². The van der Waals surface area contributed by atoms with Gasteiger partial charge in [-0.3, -0.25) is 19.7 Å². The molecule has 0 radical (unpaired) electrons. The molecule has 6 aromatic rings. The number of para-hydroxylation sites is 1. The molecular formula is C31H19Cl2N5O6. The normalized spacial score (nSPS) is 11.3. The molecule has 1 N–H and O–H groups in total. The predicted octanol–water partition coefficient (Wildman–Crippen LogP) is 6.92. The van der Waals surface area contributed by atoms with Crippen LogP contribution in [0, 0.1) is 10.1 Å². The molecule has 0 saturated heterocycles. The van der Waals surface area contributed by atoms with Gasteiger partial charge < -0.3 is 14.5 Å². The molecule has 11 nitrogen and oxygen atoms in total. The number of benzene rings is 4. The monoisotopic (exact) mass is 627 g/mol. The number of hydrogen-bond donors (Lipinski definition) is 1. The maximum atomic E-state index is 13.5. The molecule has 218 valence electrons. The quantitative estimate of drug-likeness (QED) is 0.110. The number of rotatable bonds is 8. The van der Waals surface area contributed by atoms with Crippen LogP contribution in [-0.4, -0.2) is 33.3 Å². The third-order valence-corrected chi connectivity index (χ3v) is 6.93. The van der Waals surface area contributed by atoms with Gasteiger partial charge in [0.1, 0.15) is 5.58 Å². The number of halogens is 2. The standard InChI is InChI=1S/C31H19Cl2N5O6/c32-20-6-9-22(10-7-20)35-29(39)17-43-27-11-5-18(13-25(27)38(41)42)16-34-37-30(36-24-4-2-1-3-23(24)31(37)40)28-15-19-14-21(33)8-12-26(19)44-28/h1-16H,17H2,(H,35,39). The van der Waals surface area contributed by atoms with Crippen LogP contribution in [0.5, 0.6) is 5.75 Å². The molecule has 2 heterocycles. The molecule has 1 amide bonds. The zero-order valence-electron chi connectivity index (χ0n) is 22.4. The van der Waals surface area contributed by atoms with Gasteiger partial charge in [0.25, 0.3) is 11.5 Å². The van der Waals surface area contributed by atoms with Crippen LogP contribution in [0.4, 0.5) is 11.4 Å². The smallest absolute Gasteiger partial charge is 0.311 e. The summed E-state index contributed by atoms with van der Waals surface area (Å²) in [6.07, 6.45) is 1.28. The molecule has 44 heavy (non-hydrogen) atoms. The molecule has 13 heteroatoms. The number of ether oxygens (including phenoxy) is 1. The molecule has 0 atom stereocenters. The molecule has 0 fully saturated rings. The molecule has 0 aliphatic heterocycles. The lowest BCUT2D eigenvalue weighted by Gasteiger charge is -2.09. The highest BCUT2D eigenvalue weighted by Gasteiger charge is 2.19. The largest absolute Gasteiger partial charge is 0.477 e. The molecule has 0 aliphatic carbocycles. The fraction of sp³-hybridized carbons (Fsp3) is 0.0323. The highest BCUT2D eigenvalue weighted by molar-refractivity contribution is 6.31. The first-order valence-corrected chi connectivity index (χ1v) is 13.7. The van der Waals surface area contributed by atoms with Gasteiger partial charge in [0.2, 0.25) is 5.82 Å². The molecule has 0 spiro atoms. The summed E-state index contributed by atoms with van der Waals surface area (Å²) >= 11 is 12.0. The van der Waals surface area contributed by atoms with E-state index >= 15 is 0 Å². The summed E-state index contributed by atoms with van der Waals surface area (Å²) in [5.41, 5.74) is 0.892. The van der Waals surface area contributed by atoms with E-state index in [4.69, 9.17) is 32.4 Å². The van der Waals surface area contributed by atoms with Crippen LogP contribution in [0.2, 0.25) is 10.0 Å². The number of nitro benzene ring substituents is 1. The maximum absolute atomic E-state index is 13.5. The van der Waals surface area contributed by atoms with Gasteiger partial charge in [-0.1, -0.05) is 35.3 Å². The highest BCUT2D eigenvalue weighted by atomic mass is 35.5. The van der Waals surface area contributed by atoms with Crippen molar-refractivity contribution in [2.45, 2.75) is 0 Å². The summed E-state index contributed by atoms with van der Waals surface area (Å²) < 4.78 is 12.5. The summed E-state index contributed by atoms with van der Waals surface area (Å²) in [6, 6.07) is 24.1. The lowest BCUT2D eigenvalue weighted by Crippen LogP contribution is -2.20. The Balaban J connectivity index is 1.31. The minimum Gasteiger partial charge on any atom is -0.477 e. The average Bonchev–Trinajstić information content (AvgIpc) is 3.44. The van der Waals surface area contributed by atoms with E-state index in [0.29, 0.717) is 37.6 Å². The number of nitrogens with one attached hydrogen (secondary N) is 1. The molecule has 2 aromatic heterocycles. The topological polar surface area (TPSA) is 142 Å². The van der Waals surface area contributed by atoms with Crippen LogP contribution in [-0.2, 0) is 4.79 Å². The lowest BCUT2D eigenvalue weighted by molar-refractivity contribution is -0.385. The van der Waals surface area contributed by atoms with Gasteiger partial charge in [0.05, 0.1) is 22.0 Å². The number of carbonyl (C=O) groups is 1. The van der Waals surface area contributed by atoms with Gasteiger partial charge in [-0.05, 0) is 72.8 Å². The number of furan rings is 1. The van der Waals surface area contributed by atoms with Crippen molar-refractivity contribution in [2.24, 2.45) is 5.10 Å². The van der Waals surface area contributed by atoms with Crippen LogP contribution in [0.3, 0.4) is 0 Å². The Morgan fingerprint density at radius 3 is 2.59 bits per heavy atom. The van der Waals surface area contributed by atoms with E-state index in [1.807, 2.05) is 0 Å². The Kier molecular flexibility index (Phi) is 7.80. The van der Waals surface area contributed by atoms with E-state index in [9.17, 15) is 19.7 Å². The zero-order valence-corrected chi connectivity index (χ0v) is 24.0. The van der Waals surface area contributed by atoms with Crippen molar-refractivity contribution in [3.63, 3.8) is 0 Å². The van der Waals surface area contributed by atoms with E-state index in [1.54, 1.807) is 72.8 Å². The molecule has 0 saturated carbocycles. The van der Waals surface area contributed by atoms with E-state index < -0.39 is 28.7 Å². The Bertz CT molecular complexity index is 2160. The van der Waals surface area contributed by atoms with Gasteiger partial charge in [-0.2, -0.15) is 9.78 Å². The van der Waals surface area contributed by atoms with E-state index in [1.165, 1.54) is 24.4 Å². The van der Waals surface area contributed by atoms with Crippen LogP contribution >= 0.6 is 23.2 Å². The van der Waals surface area contributed by atoms with Crippen molar-refractivity contribution in [1.29, 1.82) is 0 Å². The van der Waals surface area contributed by atoms with Crippen molar-refractivity contribution in [2.75, 3.05) is 11.9 Å². The summed E-state index contributed by atoms with van der Waals surface area (Å²) in [6.45, 7) is -0.471. The molecule has 4 aromatic carbocycles. The van der Waals surface area contributed by atoms with Gasteiger partial charge in [-0.15, -0.1) is 0 Å². The number of amides is 1. The lowest BCUT2D eigenvalue weighted by atomic mass is 10.2. The zero-order chi connectivity index (χ0) is 30.8. The van der Waals surface area contributed by atoms with Crippen molar-refractivity contribution in [1.82, 2.24) is 9.66 Å². The highest BCUT2D eigenvalue weighted by Crippen LogP contribution is 2.30. The predicted molar refractivity (Wildman–Crippen MR) is 168 cm³/mol. The summed E-state index contributed by atoms with van der Waals surface area (Å²) in [5.74, 6) is -0.243. The Hall–Kier alpha value is -5.52. The number of nitrogens with zero attached hydrogens (tertiary/aromatic N) is 4. The number of nitro groups is 1. The Morgan fingerprint density at radius 2 is 1.80 bits per heavy atom. The molecule has 6 rings (SSSR count). The number of fused-ring (bicyclic) bond motifs is 2. The molecular weight excluding hydrogens is 609 g/mol. The summed E-state index contributed by atoms with van der Waals surface area (Å²) in [5, 5.41) is 20.9. The second-order valence-corrected chi connectivity index (χ2v) is 10.3. The third kappa shape index (κ3) is 6.00. The Morgan fingerprint density at radius 1 is 1.02 bits per heavy atom. The van der Waals surface area contributed by atoms with Gasteiger partial charge in [-0.25, -0.2) is 4.98 Å². The van der Waals surface area contributed by atoms with Crippen LogP contribution in [0.1, 0.15) is 5.56 Å². The van der Waals surface area contributed by atoms with Gasteiger partial charge in [0, 0.05) is 32.7 Å². The van der Waals surface area contributed by atoms with Crippen molar-refractivity contribution >= 4 is 68.6 Å². The van der Waals surface area contributed by atoms with Crippen LogP contribution in [0.15, 0.2) is 105 Å². The Labute approximate surface area is 258 Å². The first-order valence-electron chi connectivity index (χ1n) is 13.0. The van der Waals surface area contributed by atoms with Crippen molar-refractivity contribution in [3.8, 4) is 17.3 Å². The number of carbonyl (C=O) groups excluding carboxylic acids is 1. The summed E-state index contributed by atoms with van der Waals surface area (Å²) in [4.78, 5) is 41.7. The minimum atomic E-state index is -0.640. The number of anilines is 1. The SMILES string of the molecule is O=C(COc1ccc(C=Nn2c(-c3cc4cc(Cl)ccc4o3)nc3ccccc3c2=O)cc1[N+](=O)[O-])Nc1ccc(Cl)cc1. The van der Waals surface area contributed by atoms with Crippen molar-refractivity contribution in [3.05, 3.63) is 127 Å². The molecule has 0 bridgehead atoms. The second-order valence-electron chi connectivity index (χ2n) is 9.43. The maximum Gasteiger partial charge on any atom is 0.311 e. The van der Waals surface area contributed by atoms with Gasteiger partial charge >= 0.3 is 5.69 Å². The fourth-order valence-corrected chi connectivity index (χ4v) is 4.70. The van der Waals surface area contributed by atoms with E-state index in [-0.39, 0.29) is 22.9 Å². The number of hydrogen-bond acceptors (Lipinski definition) is 8. The average molecular weight is 628 g/mol. The molecule has 0 aliphatic rings. The third-order valence-electron chi connectivity index (χ3n) is 6.44. The fourth-order valence-electron chi connectivity index (χ4n) is 4.39. The second kappa shape index (κ2) is 12.0. The molecule has 0 unspecified atom stereocenters. The van der Waals surface area contributed by atoms with E-state index in [0.717, 1.165) is 4.68 Å². The first kappa shape index (κ1) is 28.6.